The van der Waals surface area contributed by atoms with Gasteiger partial charge in [0.05, 0.1) is 16.3 Å². The molecule has 0 atom stereocenters. The fraction of sp³-hybridized carbons (Fsp3) is 0.125. The first kappa shape index (κ1) is 10.4. The van der Waals surface area contributed by atoms with Gasteiger partial charge in [0.2, 0.25) is 0 Å². The molecule has 0 unspecified atom stereocenters. The number of rotatable bonds is 2. The van der Waals surface area contributed by atoms with Crippen LogP contribution in [-0.2, 0) is 0 Å². The van der Waals surface area contributed by atoms with Crippen molar-refractivity contribution >= 4 is 23.3 Å². The van der Waals surface area contributed by atoms with E-state index in [0.717, 1.165) is 0 Å². The lowest BCUT2D eigenvalue weighted by molar-refractivity contribution is 0.0698. The summed E-state index contributed by atoms with van der Waals surface area (Å²) in [4.78, 5) is 13.4. The number of aromatic carboxylic acids is 1. The predicted molar refractivity (Wildman–Crippen MR) is 52.0 cm³/mol. The second kappa shape index (κ2) is 4.00. The highest BCUT2D eigenvalue weighted by molar-refractivity contribution is 6.34. The van der Waals surface area contributed by atoms with Crippen LogP contribution in [0.3, 0.4) is 0 Å². The summed E-state index contributed by atoms with van der Waals surface area (Å²) in [7, 11) is 0. The van der Waals surface area contributed by atoms with E-state index < -0.39 is 5.97 Å². The molecule has 0 aliphatic carbocycles. The summed E-state index contributed by atoms with van der Waals surface area (Å²) in [6, 6.07) is 3.05. The molecule has 1 aromatic rings. The predicted octanol–water partition coefficient (Wildman–Crippen LogP) is 3.29. The Balaban J connectivity index is 3.57. The van der Waals surface area contributed by atoms with Gasteiger partial charge in [-0.1, -0.05) is 22.8 Å². The Morgan fingerprint density at radius 3 is 2.79 bits per heavy atom. The van der Waals surface area contributed by atoms with Gasteiger partial charge in [-0.05, 0) is 24.1 Å². The Morgan fingerprint density at radius 1 is 1.64 bits per heavy atom. The highest BCUT2D eigenvalue weighted by Gasteiger charge is 2.15. The van der Waals surface area contributed by atoms with Gasteiger partial charge in [-0.25, -0.2) is 4.79 Å². The molecule has 5 nitrogen and oxygen atoms in total. The summed E-state index contributed by atoms with van der Waals surface area (Å²) in [5.41, 5.74) is 8.74. The molecule has 1 rings (SSSR count). The Labute approximate surface area is 84.6 Å². The number of hydrogen-bond donors (Lipinski definition) is 1. The summed E-state index contributed by atoms with van der Waals surface area (Å²) < 4.78 is 0. The Morgan fingerprint density at radius 2 is 2.29 bits per heavy atom. The zero-order valence-corrected chi connectivity index (χ0v) is 7.99. The molecule has 0 radical (unpaired) electrons. The number of benzene rings is 1. The molecule has 0 aromatic heterocycles. The average molecular weight is 212 g/mol. The lowest BCUT2D eigenvalue weighted by Crippen LogP contribution is -1.98. The largest absolute Gasteiger partial charge is 0.478 e. The van der Waals surface area contributed by atoms with Gasteiger partial charge in [0.1, 0.15) is 0 Å². The average Bonchev–Trinajstić information content (AvgIpc) is 2.11. The van der Waals surface area contributed by atoms with Gasteiger partial charge >= 0.3 is 5.97 Å². The third-order valence-electron chi connectivity index (χ3n) is 1.69. The molecule has 0 fully saturated rings. The minimum Gasteiger partial charge on any atom is -0.478 e. The second-order valence-corrected chi connectivity index (χ2v) is 2.99. The molecule has 14 heavy (non-hydrogen) atoms. The molecule has 72 valence electrons. The minimum absolute atomic E-state index is 0.0606. The van der Waals surface area contributed by atoms with E-state index in [0.29, 0.717) is 5.56 Å². The maximum atomic E-state index is 10.8. The van der Waals surface area contributed by atoms with Crippen LogP contribution in [0.1, 0.15) is 15.9 Å². The molecule has 0 bridgehead atoms. The van der Waals surface area contributed by atoms with Crippen LogP contribution >= 0.6 is 11.6 Å². The normalized spacial score (nSPS) is 9.29. The van der Waals surface area contributed by atoms with Gasteiger partial charge in [-0.2, -0.15) is 0 Å². The molecule has 0 aliphatic rings. The molecule has 0 heterocycles. The van der Waals surface area contributed by atoms with E-state index in [1.807, 2.05) is 0 Å². The number of halogens is 1. The van der Waals surface area contributed by atoms with Crippen molar-refractivity contribution in [1.29, 1.82) is 0 Å². The molecule has 0 saturated carbocycles. The minimum atomic E-state index is -1.21. The molecule has 6 heteroatoms. The van der Waals surface area contributed by atoms with Gasteiger partial charge in [-0.15, -0.1) is 0 Å². The lowest BCUT2D eigenvalue weighted by atomic mass is 10.1. The van der Waals surface area contributed by atoms with Crippen molar-refractivity contribution in [2.45, 2.75) is 6.92 Å². The van der Waals surface area contributed by atoms with Gasteiger partial charge in [0.15, 0.2) is 0 Å². The second-order valence-electron chi connectivity index (χ2n) is 2.58. The van der Waals surface area contributed by atoms with Crippen LogP contribution in [0, 0.1) is 6.92 Å². The van der Waals surface area contributed by atoms with Gasteiger partial charge in [-0.3, -0.25) is 0 Å². The van der Waals surface area contributed by atoms with Gasteiger partial charge in [0.25, 0.3) is 0 Å². The third-order valence-corrected chi connectivity index (χ3v) is 2.00. The van der Waals surface area contributed by atoms with Crippen LogP contribution in [0.15, 0.2) is 17.2 Å². The topological polar surface area (TPSA) is 86.1 Å². The van der Waals surface area contributed by atoms with Crippen molar-refractivity contribution in [3.05, 3.63) is 38.7 Å². The molecule has 1 N–H and O–H groups in total. The highest BCUT2D eigenvalue weighted by Crippen LogP contribution is 2.30. The van der Waals surface area contributed by atoms with Gasteiger partial charge in [0, 0.05) is 4.91 Å². The third kappa shape index (κ3) is 1.79. The van der Waals surface area contributed by atoms with E-state index in [1.54, 1.807) is 13.0 Å². The van der Waals surface area contributed by atoms with E-state index in [1.165, 1.54) is 6.07 Å². The Hall–Kier alpha value is -1.71. The van der Waals surface area contributed by atoms with Crippen molar-refractivity contribution in [2.75, 3.05) is 0 Å². The first-order valence-electron chi connectivity index (χ1n) is 3.65. The number of aryl methyl sites for hydroxylation is 1. The fourth-order valence-corrected chi connectivity index (χ4v) is 1.28. The standard InChI is InChI=1S/C8H6ClN3O2/c1-4-2-3-5(9)6(8(13)14)7(4)11-12-10/h2-3H,1H3,(H,13,14). The number of carboxylic acids is 1. The van der Waals surface area contributed by atoms with E-state index in [2.05, 4.69) is 10.0 Å². The van der Waals surface area contributed by atoms with E-state index in [4.69, 9.17) is 22.2 Å². The van der Waals surface area contributed by atoms with Gasteiger partial charge < -0.3 is 5.11 Å². The van der Waals surface area contributed by atoms with Crippen LogP contribution in [0.25, 0.3) is 10.4 Å². The molecule has 0 saturated heterocycles. The van der Waals surface area contributed by atoms with E-state index in [-0.39, 0.29) is 16.3 Å². The lowest BCUT2D eigenvalue weighted by Gasteiger charge is -2.05. The van der Waals surface area contributed by atoms with Crippen molar-refractivity contribution in [1.82, 2.24) is 0 Å². The van der Waals surface area contributed by atoms with Crippen LogP contribution < -0.4 is 0 Å². The van der Waals surface area contributed by atoms with Crippen LogP contribution in [0.4, 0.5) is 5.69 Å². The van der Waals surface area contributed by atoms with Crippen LogP contribution in [0.2, 0.25) is 5.02 Å². The highest BCUT2D eigenvalue weighted by atomic mass is 35.5. The summed E-state index contributed by atoms with van der Waals surface area (Å²) in [5, 5.41) is 12.2. The molecule has 0 amide bonds. The first-order valence-corrected chi connectivity index (χ1v) is 4.03. The van der Waals surface area contributed by atoms with Crippen molar-refractivity contribution in [3.63, 3.8) is 0 Å². The van der Waals surface area contributed by atoms with E-state index >= 15 is 0 Å². The number of hydrogen-bond acceptors (Lipinski definition) is 2. The Bertz CT molecular complexity index is 411. The first-order chi connectivity index (χ1) is 6.57. The van der Waals surface area contributed by atoms with Crippen molar-refractivity contribution in [2.24, 2.45) is 5.11 Å². The maximum absolute atomic E-state index is 10.8. The maximum Gasteiger partial charge on any atom is 0.337 e. The quantitative estimate of drug-likeness (QED) is 0.462. The smallest absolute Gasteiger partial charge is 0.337 e. The molecule has 1 aromatic carbocycles. The summed E-state index contributed by atoms with van der Waals surface area (Å²) >= 11 is 5.67. The molecule has 0 aliphatic heterocycles. The van der Waals surface area contributed by atoms with E-state index in [9.17, 15) is 4.79 Å². The molecular weight excluding hydrogens is 206 g/mol. The fourth-order valence-electron chi connectivity index (χ4n) is 1.05. The SMILES string of the molecule is Cc1ccc(Cl)c(C(=O)O)c1N=[N+]=[N-]. The molecular formula is C8H6ClN3O2. The summed E-state index contributed by atoms with van der Waals surface area (Å²) in [6.07, 6.45) is 0. The number of carbonyl (C=O) groups is 1. The van der Waals surface area contributed by atoms with Crippen LogP contribution in [-0.4, -0.2) is 11.1 Å². The summed E-state index contributed by atoms with van der Waals surface area (Å²) in [5.74, 6) is -1.21. The zero-order valence-electron chi connectivity index (χ0n) is 7.23. The monoisotopic (exact) mass is 211 g/mol. The number of nitrogens with zero attached hydrogens (tertiary/aromatic N) is 3. The number of carboxylic acid groups (broad SMARTS) is 1. The molecule has 0 spiro atoms. The van der Waals surface area contributed by atoms with Crippen molar-refractivity contribution in [3.8, 4) is 0 Å². The number of azide groups is 1. The van der Waals surface area contributed by atoms with Crippen molar-refractivity contribution < 1.29 is 9.90 Å². The zero-order chi connectivity index (χ0) is 10.7. The Kier molecular flexibility index (Phi) is 2.96. The van der Waals surface area contributed by atoms with Crippen LogP contribution in [0.5, 0.6) is 0 Å². The summed E-state index contributed by atoms with van der Waals surface area (Å²) in [6.45, 7) is 1.65.